The Morgan fingerprint density at radius 3 is 2.58 bits per heavy atom. The molecule has 0 spiro atoms. The number of pyridine rings is 1. The summed E-state index contributed by atoms with van der Waals surface area (Å²) < 4.78 is 21.4. The van der Waals surface area contributed by atoms with Crippen LogP contribution in [-0.2, 0) is 5.41 Å². The molecule has 3 unspecified atom stereocenters. The summed E-state index contributed by atoms with van der Waals surface area (Å²) in [5.41, 5.74) is 7.76. The van der Waals surface area contributed by atoms with Gasteiger partial charge in [-0.25, -0.2) is 14.4 Å². The maximum atomic E-state index is 16.8. The van der Waals surface area contributed by atoms with Crippen molar-refractivity contribution >= 4 is 48.7 Å². The highest BCUT2D eigenvalue weighted by molar-refractivity contribution is 7.25. The number of aromatic nitrogens is 3. The van der Waals surface area contributed by atoms with Crippen LogP contribution >= 0.6 is 11.3 Å². The Morgan fingerprint density at radius 2 is 1.65 bits per heavy atom. The van der Waals surface area contributed by atoms with Crippen LogP contribution in [0.4, 0.5) is 21.6 Å². The topological polar surface area (TPSA) is 34.0 Å². The van der Waals surface area contributed by atoms with Gasteiger partial charge in [-0.15, -0.1) is 11.3 Å². The summed E-state index contributed by atoms with van der Waals surface area (Å²) in [6.07, 6.45) is 10.6. The number of halogens is 1. The first-order valence-electron chi connectivity index (χ1n) is 16.5. The van der Waals surface area contributed by atoms with Crippen molar-refractivity contribution in [2.24, 2.45) is 0 Å². The van der Waals surface area contributed by atoms with Crippen molar-refractivity contribution in [1.29, 1.82) is 0 Å². The zero-order valence-corrected chi connectivity index (χ0v) is 27.3. The minimum absolute atomic E-state index is 0.0349. The SMILES string of the molecule is CC1(C)c2cc3c(cc2N(c2cccc(C(F)C4=CC5c6nccn6-c6ccccc6C5C=C4)c2)c2ncccc21)sc1ccccc13. The average molecular weight is 643 g/mol. The number of alkyl halides is 1. The van der Waals surface area contributed by atoms with Gasteiger partial charge in [0.1, 0.15) is 11.6 Å². The Balaban J connectivity index is 1.08. The quantitative estimate of drug-likeness (QED) is 0.192. The van der Waals surface area contributed by atoms with Crippen molar-refractivity contribution in [3.05, 3.63) is 168 Å². The average Bonchev–Trinajstić information content (AvgIpc) is 3.76. The molecule has 48 heavy (non-hydrogen) atoms. The van der Waals surface area contributed by atoms with Gasteiger partial charge in [0.05, 0.1) is 11.4 Å². The molecule has 6 heteroatoms. The minimum Gasteiger partial charge on any atom is -0.303 e. The van der Waals surface area contributed by atoms with Crippen LogP contribution in [0.25, 0.3) is 25.9 Å². The molecule has 0 radical (unpaired) electrons. The molecule has 0 fully saturated rings. The van der Waals surface area contributed by atoms with Gasteiger partial charge in [-0.05, 0) is 64.7 Å². The monoisotopic (exact) mass is 642 g/mol. The van der Waals surface area contributed by atoms with Gasteiger partial charge in [0.15, 0.2) is 6.17 Å². The molecule has 0 bridgehead atoms. The molecule has 0 saturated heterocycles. The molecule has 4 aromatic carbocycles. The molecular weight excluding hydrogens is 612 g/mol. The number of para-hydroxylation sites is 1. The Morgan fingerprint density at radius 1 is 0.771 bits per heavy atom. The summed E-state index contributed by atoms with van der Waals surface area (Å²) in [6.45, 7) is 4.56. The molecule has 7 aromatic rings. The van der Waals surface area contributed by atoms with Crippen molar-refractivity contribution in [3.8, 4) is 5.69 Å². The number of anilines is 3. The Labute approximate surface area is 282 Å². The first kappa shape index (κ1) is 27.8. The molecule has 3 atom stereocenters. The predicted octanol–water partition coefficient (Wildman–Crippen LogP) is 11.1. The number of fused-ring (bicyclic) bond motifs is 11. The van der Waals surface area contributed by atoms with Crippen LogP contribution in [0.5, 0.6) is 0 Å². The van der Waals surface area contributed by atoms with Gasteiger partial charge in [-0.1, -0.05) is 86.7 Å². The largest absolute Gasteiger partial charge is 0.303 e. The van der Waals surface area contributed by atoms with E-state index in [4.69, 9.17) is 9.97 Å². The van der Waals surface area contributed by atoms with Crippen molar-refractivity contribution in [1.82, 2.24) is 14.5 Å². The first-order valence-corrected chi connectivity index (χ1v) is 17.3. The molecule has 3 aromatic heterocycles. The number of hydrogen-bond donors (Lipinski definition) is 0. The van der Waals surface area contributed by atoms with E-state index < -0.39 is 6.17 Å². The van der Waals surface area contributed by atoms with E-state index >= 15 is 4.39 Å². The number of benzene rings is 4. The molecule has 5 heterocycles. The Hall–Kier alpha value is -5.33. The van der Waals surface area contributed by atoms with Crippen LogP contribution in [0.1, 0.15) is 59.9 Å². The fraction of sp³-hybridized carbons (Fsp3) is 0.143. The zero-order valence-electron chi connectivity index (χ0n) is 26.5. The summed E-state index contributed by atoms with van der Waals surface area (Å²) in [6, 6.07) is 33.9. The second-order valence-electron chi connectivity index (χ2n) is 13.5. The van der Waals surface area contributed by atoms with Crippen molar-refractivity contribution in [3.63, 3.8) is 0 Å². The van der Waals surface area contributed by atoms with Crippen LogP contribution in [0.3, 0.4) is 0 Å². The second kappa shape index (κ2) is 10.1. The van der Waals surface area contributed by atoms with E-state index in [9.17, 15) is 0 Å². The van der Waals surface area contributed by atoms with E-state index in [1.54, 1.807) is 0 Å². The van der Waals surface area contributed by atoms with E-state index in [0.717, 1.165) is 34.3 Å². The third-order valence-corrected chi connectivity index (χ3v) is 11.7. The molecule has 0 saturated carbocycles. The lowest BCUT2D eigenvalue weighted by Crippen LogP contribution is -2.31. The molecule has 10 rings (SSSR count). The smallest absolute Gasteiger partial charge is 0.150 e. The lowest BCUT2D eigenvalue weighted by atomic mass is 9.74. The Kier molecular flexibility index (Phi) is 5.83. The maximum absolute atomic E-state index is 16.8. The summed E-state index contributed by atoms with van der Waals surface area (Å²) in [5.74, 6) is 1.92. The summed E-state index contributed by atoms with van der Waals surface area (Å²) in [7, 11) is 0. The van der Waals surface area contributed by atoms with Gasteiger partial charge >= 0.3 is 0 Å². The third-order valence-electron chi connectivity index (χ3n) is 10.6. The fourth-order valence-corrected chi connectivity index (χ4v) is 9.32. The molecule has 1 aliphatic carbocycles. The normalized spacial score (nSPS) is 19.2. The molecule has 0 N–H and O–H groups in total. The van der Waals surface area contributed by atoms with Crippen molar-refractivity contribution in [2.75, 3.05) is 4.90 Å². The van der Waals surface area contributed by atoms with E-state index in [2.05, 4.69) is 108 Å². The van der Waals surface area contributed by atoms with E-state index in [-0.39, 0.29) is 17.3 Å². The highest BCUT2D eigenvalue weighted by Gasteiger charge is 2.39. The van der Waals surface area contributed by atoms with Gasteiger partial charge < -0.3 is 4.57 Å². The van der Waals surface area contributed by atoms with Gasteiger partial charge in [-0.3, -0.25) is 4.90 Å². The number of hydrogen-bond acceptors (Lipinski definition) is 4. The molecule has 4 nitrogen and oxygen atoms in total. The molecule has 3 aliphatic rings. The van der Waals surface area contributed by atoms with Crippen molar-refractivity contribution in [2.45, 2.75) is 37.3 Å². The fourth-order valence-electron chi connectivity index (χ4n) is 8.20. The van der Waals surface area contributed by atoms with Crippen LogP contribution in [-0.4, -0.2) is 14.5 Å². The van der Waals surface area contributed by atoms with Crippen LogP contribution in [0.2, 0.25) is 0 Å². The molecule has 232 valence electrons. The van der Waals surface area contributed by atoms with Crippen LogP contribution in [0.15, 0.2) is 139 Å². The number of imidazole rings is 1. The van der Waals surface area contributed by atoms with Crippen LogP contribution in [0, 0.1) is 0 Å². The first-order chi connectivity index (χ1) is 23.5. The van der Waals surface area contributed by atoms with Gasteiger partial charge in [0, 0.05) is 67.3 Å². The van der Waals surface area contributed by atoms with E-state index in [1.807, 2.05) is 60.3 Å². The number of rotatable bonds is 3. The number of thiophene rings is 1. The summed E-state index contributed by atoms with van der Waals surface area (Å²) in [5, 5.41) is 2.55. The van der Waals surface area contributed by atoms with Gasteiger partial charge in [-0.2, -0.15) is 0 Å². The lowest BCUT2D eigenvalue weighted by Gasteiger charge is -2.41. The summed E-state index contributed by atoms with van der Waals surface area (Å²) in [4.78, 5) is 11.9. The zero-order chi connectivity index (χ0) is 32.1. The predicted molar refractivity (Wildman–Crippen MR) is 194 cm³/mol. The third kappa shape index (κ3) is 3.87. The summed E-state index contributed by atoms with van der Waals surface area (Å²) >= 11 is 1.81. The van der Waals surface area contributed by atoms with Gasteiger partial charge in [0.2, 0.25) is 0 Å². The molecular formula is C42H31FN4S. The lowest BCUT2D eigenvalue weighted by molar-refractivity contribution is 0.397. The van der Waals surface area contributed by atoms with Gasteiger partial charge in [0.25, 0.3) is 0 Å². The molecule has 2 aliphatic heterocycles. The highest BCUT2D eigenvalue weighted by atomic mass is 32.1. The second-order valence-corrected chi connectivity index (χ2v) is 14.6. The Bertz CT molecular complexity index is 2500. The maximum Gasteiger partial charge on any atom is 0.150 e. The van der Waals surface area contributed by atoms with E-state index in [0.29, 0.717) is 11.1 Å². The highest BCUT2D eigenvalue weighted by Crippen LogP contribution is 2.54. The minimum atomic E-state index is -1.29. The number of allylic oxidation sites excluding steroid dienone is 4. The standard InChI is InChI=1S/C42H31FN4S/c1-42(2)33-13-8-18-44-41(33)47(36-24-38-31(23-34(36)42)30-12-4-6-15-37(30)48-38)27-10-7-9-25(21-27)39(43)26-16-17-28-29-11-3-5-14-35(29)46-20-19-45-40(46)32(28)22-26/h3-24,28,32,39H,1-2H3. The number of nitrogens with zero attached hydrogens (tertiary/aromatic N) is 4. The van der Waals surface area contributed by atoms with E-state index in [1.165, 1.54) is 31.3 Å². The van der Waals surface area contributed by atoms with Crippen LogP contribution < -0.4 is 4.90 Å². The van der Waals surface area contributed by atoms with Crippen molar-refractivity contribution < 1.29 is 4.39 Å². The molecule has 0 amide bonds.